The van der Waals surface area contributed by atoms with Crippen LogP contribution in [-0.2, 0) is 6.42 Å². The van der Waals surface area contributed by atoms with Crippen LogP contribution in [0.15, 0.2) is 36.7 Å². The Morgan fingerprint density at radius 1 is 1.33 bits per heavy atom. The van der Waals surface area contributed by atoms with E-state index in [0.29, 0.717) is 0 Å². The van der Waals surface area contributed by atoms with Crippen LogP contribution in [0.4, 0.5) is 10.1 Å². The number of halogens is 1. The highest BCUT2D eigenvalue weighted by atomic mass is 19.1. The number of nitrogens with zero attached hydrogens (tertiary/aromatic N) is 1. The van der Waals surface area contributed by atoms with Crippen molar-refractivity contribution in [3.63, 3.8) is 0 Å². The fourth-order valence-electron chi connectivity index (χ4n) is 2.54. The van der Waals surface area contributed by atoms with Crippen molar-refractivity contribution in [1.29, 1.82) is 0 Å². The summed E-state index contributed by atoms with van der Waals surface area (Å²) in [6.45, 7) is 2.06. The average Bonchev–Trinajstić information content (AvgIpc) is 2.74. The zero-order chi connectivity index (χ0) is 12.5. The lowest BCUT2D eigenvalue weighted by Gasteiger charge is -2.16. The van der Waals surface area contributed by atoms with E-state index in [0.717, 1.165) is 24.1 Å². The Balaban J connectivity index is 1.87. The molecule has 1 aromatic heterocycles. The molecular formula is C15H15FN2. The molecule has 0 aliphatic heterocycles. The first-order chi connectivity index (χ1) is 8.74. The molecule has 18 heavy (non-hydrogen) atoms. The standard InChI is InChI=1S/C15H15FN2/c1-10-6-7-17-9-15(10)18-14-5-2-11-8-12(16)3-4-13(11)14/h3-4,6-9,14,18H,2,5H2,1H3. The molecule has 1 aliphatic carbocycles. The van der Waals surface area contributed by atoms with E-state index in [1.165, 1.54) is 17.2 Å². The Labute approximate surface area is 106 Å². The van der Waals surface area contributed by atoms with Crippen molar-refractivity contribution in [1.82, 2.24) is 4.98 Å². The summed E-state index contributed by atoms with van der Waals surface area (Å²) in [5.74, 6) is -0.146. The number of pyridine rings is 1. The van der Waals surface area contributed by atoms with Crippen LogP contribution in [0, 0.1) is 12.7 Å². The van der Waals surface area contributed by atoms with E-state index in [-0.39, 0.29) is 11.9 Å². The van der Waals surface area contributed by atoms with Gasteiger partial charge in [-0.05, 0) is 54.7 Å². The van der Waals surface area contributed by atoms with Gasteiger partial charge >= 0.3 is 0 Å². The minimum Gasteiger partial charge on any atom is -0.377 e. The van der Waals surface area contributed by atoms with E-state index in [1.54, 1.807) is 12.3 Å². The summed E-state index contributed by atoms with van der Waals surface area (Å²) in [7, 11) is 0. The van der Waals surface area contributed by atoms with Crippen LogP contribution >= 0.6 is 0 Å². The first-order valence-corrected chi connectivity index (χ1v) is 6.19. The topological polar surface area (TPSA) is 24.9 Å². The minimum atomic E-state index is -0.146. The maximum Gasteiger partial charge on any atom is 0.123 e. The molecule has 0 amide bonds. The zero-order valence-electron chi connectivity index (χ0n) is 10.3. The van der Waals surface area contributed by atoms with Crippen molar-refractivity contribution < 1.29 is 4.39 Å². The van der Waals surface area contributed by atoms with E-state index >= 15 is 0 Å². The van der Waals surface area contributed by atoms with Crippen LogP contribution in [0.2, 0.25) is 0 Å². The molecule has 1 unspecified atom stereocenters. The van der Waals surface area contributed by atoms with E-state index in [1.807, 2.05) is 18.3 Å². The number of hydrogen-bond acceptors (Lipinski definition) is 2. The summed E-state index contributed by atoms with van der Waals surface area (Å²) in [6, 6.07) is 7.33. The highest BCUT2D eigenvalue weighted by Gasteiger charge is 2.22. The molecule has 3 rings (SSSR count). The van der Waals surface area contributed by atoms with Gasteiger partial charge in [0.05, 0.1) is 17.9 Å². The summed E-state index contributed by atoms with van der Waals surface area (Å²) in [6.07, 6.45) is 5.58. The highest BCUT2D eigenvalue weighted by molar-refractivity contribution is 5.51. The van der Waals surface area contributed by atoms with Crippen LogP contribution in [0.25, 0.3) is 0 Å². The molecule has 0 saturated carbocycles. The fourth-order valence-corrected chi connectivity index (χ4v) is 2.54. The quantitative estimate of drug-likeness (QED) is 0.869. The molecule has 2 aromatic rings. The molecule has 1 N–H and O–H groups in total. The van der Waals surface area contributed by atoms with Crippen LogP contribution in [0.3, 0.4) is 0 Å². The summed E-state index contributed by atoms with van der Waals surface area (Å²) in [5.41, 5.74) is 4.56. The smallest absolute Gasteiger partial charge is 0.123 e. The van der Waals surface area contributed by atoms with E-state index in [2.05, 4.69) is 17.2 Å². The van der Waals surface area contributed by atoms with Crippen LogP contribution in [0.1, 0.15) is 29.2 Å². The lowest BCUT2D eigenvalue weighted by atomic mass is 10.1. The van der Waals surface area contributed by atoms with E-state index < -0.39 is 0 Å². The average molecular weight is 242 g/mol. The van der Waals surface area contributed by atoms with Gasteiger partial charge in [-0.3, -0.25) is 4.98 Å². The molecule has 0 spiro atoms. The predicted molar refractivity (Wildman–Crippen MR) is 70.1 cm³/mol. The third-order valence-corrected chi connectivity index (χ3v) is 3.55. The number of aromatic nitrogens is 1. The maximum atomic E-state index is 13.1. The first kappa shape index (κ1) is 11.2. The monoisotopic (exact) mass is 242 g/mol. The molecule has 0 bridgehead atoms. The normalized spacial score (nSPS) is 17.6. The second kappa shape index (κ2) is 4.41. The largest absolute Gasteiger partial charge is 0.377 e. The number of rotatable bonds is 2. The van der Waals surface area contributed by atoms with Crippen molar-refractivity contribution in [2.24, 2.45) is 0 Å². The molecule has 1 heterocycles. The van der Waals surface area contributed by atoms with Crippen molar-refractivity contribution in [3.8, 4) is 0 Å². The number of benzene rings is 1. The van der Waals surface area contributed by atoms with Crippen LogP contribution in [0.5, 0.6) is 0 Å². The minimum absolute atomic E-state index is 0.146. The van der Waals surface area contributed by atoms with Gasteiger partial charge in [0.1, 0.15) is 5.82 Å². The highest BCUT2D eigenvalue weighted by Crippen LogP contribution is 2.34. The van der Waals surface area contributed by atoms with Crippen molar-refractivity contribution in [2.75, 3.05) is 5.32 Å². The molecular weight excluding hydrogens is 227 g/mol. The molecule has 0 radical (unpaired) electrons. The Morgan fingerprint density at radius 2 is 2.22 bits per heavy atom. The molecule has 1 aromatic carbocycles. The summed E-state index contributed by atoms with van der Waals surface area (Å²) in [4.78, 5) is 4.14. The third kappa shape index (κ3) is 1.96. The molecule has 3 heteroatoms. The number of hydrogen-bond donors (Lipinski definition) is 1. The maximum absolute atomic E-state index is 13.1. The van der Waals surface area contributed by atoms with Gasteiger partial charge in [-0.25, -0.2) is 4.39 Å². The van der Waals surface area contributed by atoms with E-state index in [9.17, 15) is 4.39 Å². The SMILES string of the molecule is Cc1ccncc1NC1CCc2cc(F)ccc21. The third-order valence-electron chi connectivity index (χ3n) is 3.55. The summed E-state index contributed by atoms with van der Waals surface area (Å²) in [5, 5.41) is 3.50. The Kier molecular flexibility index (Phi) is 2.74. The van der Waals surface area contributed by atoms with Gasteiger partial charge in [0.25, 0.3) is 0 Å². The van der Waals surface area contributed by atoms with Crippen LogP contribution < -0.4 is 5.32 Å². The van der Waals surface area contributed by atoms with Gasteiger partial charge in [0.2, 0.25) is 0 Å². The first-order valence-electron chi connectivity index (χ1n) is 6.19. The van der Waals surface area contributed by atoms with Gasteiger partial charge in [-0.15, -0.1) is 0 Å². The second-order valence-electron chi connectivity index (χ2n) is 4.77. The molecule has 2 nitrogen and oxygen atoms in total. The van der Waals surface area contributed by atoms with Crippen molar-refractivity contribution in [2.45, 2.75) is 25.8 Å². The van der Waals surface area contributed by atoms with Crippen molar-refractivity contribution in [3.05, 3.63) is 59.2 Å². The number of aryl methyl sites for hydroxylation is 2. The lowest BCUT2D eigenvalue weighted by molar-refractivity contribution is 0.626. The molecule has 1 atom stereocenters. The van der Waals surface area contributed by atoms with E-state index in [4.69, 9.17) is 0 Å². The number of anilines is 1. The van der Waals surface area contributed by atoms with Crippen LogP contribution in [-0.4, -0.2) is 4.98 Å². The summed E-state index contributed by atoms with van der Waals surface area (Å²) < 4.78 is 13.1. The van der Waals surface area contributed by atoms with Crippen molar-refractivity contribution >= 4 is 5.69 Å². The number of fused-ring (bicyclic) bond motifs is 1. The Hall–Kier alpha value is -1.90. The van der Waals surface area contributed by atoms with Gasteiger partial charge < -0.3 is 5.32 Å². The zero-order valence-corrected chi connectivity index (χ0v) is 10.3. The molecule has 0 fully saturated rings. The molecule has 1 aliphatic rings. The van der Waals surface area contributed by atoms with Gasteiger partial charge in [0, 0.05) is 6.20 Å². The van der Waals surface area contributed by atoms with Gasteiger partial charge in [-0.2, -0.15) is 0 Å². The number of nitrogens with one attached hydrogen (secondary N) is 1. The molecule has 0 saturated heterocycles. The lowest BCUT2D eigenvalue weighted by Crippen LogP contribution is -2.08. The van der Waals surface area contributed by atoms with Gasteiger partial charge in [-0.1, -0.05) is 6.07 Å². The second-order valence-corrected chi connectivity index (χ2v) is 4.77. The Bertz CT molecular complexity index is 580. The molecule has 92 valence electrons. The fraction of sp³-hybridized carbons (Fsp3) is 0.267. The predicted octanol–water partition coefficient (Wildman–Crippen LogP) is 3.63. The Morgan fingerprint density at radius 3 is 3.06 bits per heavy atom. The van der Waals surface area contributed by atoms with Gasteiger partial charge in [0.15, 0.2) is 0 Å². The summed E-state index contributed by atoms with van der Waals surface area (Å²) >= 11 is 0.